The zero-order valence-electron chi connectivity index (χ0n) is 18.1. The molecule has 168 valence electrons. The van der Waals surface area contributed by atoms with Gasteiger partial charge in [0.25, 0.3) is 17.4 Å². The molecule has 0 N–H and O–H groups in total. The van der Waals surface area contributed by atoms with Gasteiger partial charge < -0.3 is 24.1 Å². The second kappa shape index (κ2) is 6.84. The van der Waals surface area contributed by atoms with Crippen LogP contribution in [0.15, 0.2) is 48.5 Å². The minimum atomic E-state index is -1.10. The number of hydrogen-bond acceptors (Lipinski definition) is 6. The van der Waals surface area contributed by atoms with Crippen molar-refractivity contribution in [3.8, 4) is 11.5 Å². The number of hydrogen-bond donors (Lipinski definition) is 0. The zero-order valence-corrected chi connectivity index (χ0v) is 19.7. The van der Waals surface area contributed by atoms with Gasteiger partial charge in [-0.3, -0.25) is 9.59 Å². The van der Waals surface area contributed by atoms with E-state index in [1.165, 1.54) is 21.6 Å². The molecule has 0 aromatic heterocycles. The molecule has 9 heteroatoms. The number of benzene rings is 2. The SMILES string of the molecule is [C-]#[N+][C@@]1(C)C[C@@]23SS[C@@](Cc4ccccc4)(C(=O)N2C1c1ccc2c(c1)OCO2)N(C)C3=O. The van der Waals surface area contributed by atoms with Gasteiger partial charge in [0.1, 0.15) is 6.04 Å². The Hall–Kier alpha value is -2.83. The third-order valence-corrected chi connectivity index (χ3v) is 10.8. The molecule has 33 heavy (non-hydrogen) atoms. The van der Waals surface area contributed by atoms with E-state index in [1.807, 2.05) is 55.5 Å². The molecule has 4 atom stereocenters. The van der Waals surface area contributed by atoms with Crippen LogP contribution < -0.4 is 9.47 Å². The summed E-state index contributed by atoms with van der Waals surface area (Å²) in [7, 11) is 4.61. The first-order chi connectivity index (χ1) is 15.8. The van der Waals surface area contributed by atoms with Crippen LogP contribution in [0.3, 0.4) is 0 Å². The zero-order chi connectivity index (χ0) is 23.0. The van der Waals surface area contributed by atoms with Gasteiger partial charge in [-0.1, -0.05) is 58.0 Å². The van der Waals surface area contributed by atoms with E-state index >= 15 is 0 Å². The summed E-state index contributed by atoms with van der Waals surface area (Å²) in [6.07, 6.45) is 0.679. The average Bonchev–Trinajstić information content (AvgIpc) is 3.40. The van der Waals surface area contributed by atoms with Gasteiger partial charge in [0, 0.05) is 20.4 Å². The van der Waals surface area contributed by atoms with E-state index in [0.717, 1.165) is 11.1 Å². The molecule has 1 unspecified atom stereocenters. The van der Waals surface area contributed by atoms with E-state index in [-0.39, 0.29) is 25.0 Å². The summed E-state index contributed by atoms with van der Waals surface area (Å²) in [4.78, 5) is 33.3. The van der Waals surface area contributed by atoms with E-state index in [1.54, 1.807) is 16.8 Å². The van der Waals surface area contributed by atoms with Gasteiger partial charge >= 0.3 is 0 Å². The minimum absolute atomic E-state index is 0.111. The molecule has 2 bridgehead atoms. The van der Waals surface area contributed by atoms with Crippen molar-refractivity contribution in [2.45, 2.75) is 41.1 Å². The van der Waals surface area contributed by atoms with Gasteiger partial charge in [0.15, 0.2) is 21.2 Å². The van der Waals surface area contributed by atoms with Gasteiger partial charge in [-0.05, 0) is 23.3 Å². The number of carbonyl (C=O) groups is 2. The first-order valence-corrected chi connectivity index (χ1v) is 12.8. The first-order valence-electron chi connectivity index (χ1n) is 10.7. The highest BCUT2D eigenvalue weighted by Gasteiger charge is 2.78. The van der Waals surface area contributed by atoms with Crippen LogP contribution in [-0.2, 0) is 16.0 Å². The summed E-state index contributed by atoms with van der Waals surface area (Å²) in [5.41, 5.74) is 0.812. The number of carbonyl (C=O) groups excluding carboxylic acids is 2. The van der Waals surface area contributed by atoms with Crippen LogP contribution in [0.2, 0.25) is 0 Å². The number of likely N-dealkylation sites (N-methyl/N-ethyl adjacent to an activating group) is 1. The number of fused-ring (bicyclic) bond motifs is 3. The predicted octanol–water partition coefficient (Wildman–Crippen LogP) is 3.87. The maximum Gasteiger partial charge on any atom is 0.262 e. The van der Waals surface area contributed by atoms with Crippen LogP contribution in [0.5, 0.6) is 11.5 Å². The summed E-state index contributed by atoms with van der Waals surface area (Å²) >= 11 is 0. The van der Waals surface area contributed by atoms with Crippen molar-refractivity contribution in [1.29, 1.82) is 0 Å². The molecule has 4 fully saturated rings. The molecule has 1 spiro atoms. The lowest BCUT2D eigenvalue weighted by Crippen LogP contribution is -2.75. The van der Waals surface area contributed by atoms with Crippen molar-refractivity contribution in [1.82, 2.24) is 9.80 Å². The van der Waals surface area contributed by atoms with Crippen molar-refractivity contribution in [2.75, 3.05) is 13.8 Å². The predicted molar refractivity (Wildman–Crippen MR) is 125 cm³/mol. The molecule has 5 heterocycles. The van der Waals surface area contributed by atoms with Crippen LogP contribution in [0.25, 0.3) is 4.85 Å². The number of ether oxygens (including phenoxy) is 2. The Morgan fingerprint density at radius 1 is 1.09 bits per heavy atom. The molecule has 0 radical (unpaired) electrons. The van der Waals surface area contributed by atoms with Crippen LogP contribution >= 0.6 is 21.6 Å². The highest BCUT2D eigenvalue weighted by atomic mass is 33.1. The Labute approximate surface area is 199 Å². The second-order valence-corrected chi connectivity index (χ2v) is 11.8. The fourth-order valence-electron chi connectivity index (χ4n) is 5.49. The molecule has 5 aliphatic heterocycles. The quantitative estimate of drug-likeness (QED) is 0.492. The Bertz CT molecular complexity index is 1230. The Balaban J connectivity index is 1.50. The van der Waals surface area contributed by atoms with Crippen molar-refractivity contribution in [3.63, 3.8) is 0 Å². The van der Waals surface area contributed by atoms with Crippen LogP contribution in [0.4, 0.5) is 0 Å². The molecule has 2 aromatic carbocycles. The summed E-state index contributed by atoms with van der Waals surface area (Å²) in [5, 5.41) is 0. The number of rotatable bonds is 3. The molecule has 2 aromatic rings. The maximum absolute atomic E-state index is 14.3. The van der Waals surface area contributed by atoms with E-state index in [0.29, 0.717) is 17.9 Å². The Morgan fingerprint density at radius 2 is 1.85 bits per heavy atom. The molecule has 7 nitrogen and oxygen atoms in total. The molecule has 7 rings (SSSR count). The minimum Gasteiger partial charge on any atom is -0.454 e. The highest BCUT2D eigenvalue weighted by molar-refractivity contribution is 8.78. The van der Waals surface area contributed by atoms with E-state index < -0.39 is 21.3 Å². The molecule has 0 aliphatic carbocycles. The maximum atomic E-state index is 14.3. The monoisotopic (exact) mass is 479 g/mol. The summed E-state index contributed by atoms with van der Waals surface area (Å²) in [6.45, 7) is 10.1. The lowest BCUT2D eigenvalue weighted by Gasteiger charge is -2.58. The van der Waals surface area contributed by atoms with Gasteiger partial charge in [-0.2, -0.15) is 0 Å². The number of amides is 2. The number of piperazine rings is 1. The summed E-state index contributed by atoms with van der Waals surface area (Å²) in [6, 6.07) is 14.7. The summed E-state index contributed by atoms with van der Waals surface area (Å²) < 4.78 is 11.0. The fraction of sp³-hybridized carbons (Fsp3) is 0.375. The molecule has 2 amide bonds. The van der Waals surface area contributed by atoms with E-state index in [9.17, 15) is 9.59 Å². The van der Waals surface area contributed by atoms with E-state index in [2.05, 4.69) is 4.85 Å². The largest absolute Gasteiger partial charge is 0.454 e. The molecular formula is C24H21N3O4S2. The Morgan fingerprint density at radius 3 is 2.61 bits per heavy atom. The average molecular weight is 480 g/mol. The van der Waals surface area contributed by atoms with Crippen molar-refractivity contribution >= 4 is 33.4 Å². The standard InChI is InChI=1S/C24H21N3O4S2/c1-22(25-2)13-24-20(28)26(3)23(32-33-24,12-15-7-5-4-6-8-15)21(29)27(24)19(22)16-9-10-17-18(11-16)31-14-30-17/h4-11,19H,12-14H2,1,3H3/t19?,22-,23-,24-/m0/s1. The smallest absolute Gasteiger partial charge is 0.262 e. The van der Waals surface area contributed by atoms with Crippen molar-refractivity contribution < 1.29 is 19.1 Å². The van der Waals surface area contributed by atoms with Gasteiger partial charge in [-0.25, -0.2) is 6.57 Å². The van der Waals surface area contributed by atoms with Crippen LogP contribution in [0, 0.1) is 6.57 Å². The van der Waals surface area contributed by atoms with Crippen LogP contribution in [0.1, 0.15) is 30.5 Å². The van der Waals surface area contributed by atoms with Gasteiger partial charge in [0.05, 0.1) is 6.42 Å². The van der Waals surface area contributed by atoms with Gasteiger partial charge in [-0.15, -0.1) is 0 Å². The van der Waals surface area contributed by atoms with Gasteiger partial charge in [0.2, 0.25) is 6.79 Å². The molecule has 5 aliphatic rings. The van der Waals surface area contributed by atoms with E-state index in [4.69, 9.17) is 16.0 Å². The lowest BCUT2D eigenvalue weighted by molar-refractivity contribution is -0.165. The van der Waals surface area contributed by atoms with Crippen molar-refractivity contribution in [2.24, 2.45) is 0 Å². The fourth-order valence-corrected chi connectivity index (χ4v) is 9.37. The normalized spacial score (nSPS) is 33.9. The number of nitrogens with zero attached hydrogens (tertiary/aromatic N) is 3. The first kappa shape index (κ1) is 20.8. The molecule has 0 saturated carbocycles. The third-order valence-electron chi connectivity index (χ3n) is 7.14. The summed E-state index contributed by atoms with van der Waals surface area (Å²) in [5.74, 6) is 1.01. The highest BCUT2D eigenvalue weighted by Crippen LogP contribution is 2.68. The lowest BCUT2D eigenvalue weighted by atomic mass is 9.87. The Kier molecular flexibility index (Phi) is 4.30. The molecular weight excluding hydrogens is 458 g/mol. The molecule has 4 saturated heterocycles. The topological polar surface area (TPSA) is 63.4 Å². The second-order valence-electron chi connectivity index (χ2n) is 9.10. The van der Waals surface area contributed by atoms with Crippen LogP contribution in [-0.4, -0.2) is 50.7 Å². The van der Waals surface area contributed by atoms with Crippen molar-refractivity contribution in [3.05, 3.63) is 71.1 Å². The third kappa shape index (κ3) is 2.59.